The van der Waals surface area contributed by atoms with E-state index in [-0.39, 0.29) is 6.04 Å². The molecule has 0 radical (unpaired) electrons. The summed E-state index contributed by atoms with van der Waals surface area (Å²) in [6.07, 6.45) is 6.25. The van der Waals surface area contributed by atoms with Crippen LogP contribution in [0.2, 0.25) is 5.02 Å². The van der Waals surface area contributed by atoms with Gasteiger partial charge in [-0.15, -0.1) is 0 Å². The molecule has 0 saturated heterocycles. The number of pyridine rings is 1. The molecule has 0 bridgehead atoms. The van der Waals surface area contributed by atoms with Gasteiger partial charge in [-0.05, 0) is 44.3 Å². The lowest BCUT2D eigenvalue weighted by Gasteiger charge is -2.16. The maximum atomic E-state index is 6.03. The van der Waals surface area contributed by atoms with Gasteiger partial charge >= 0.3 is 0 Å². The molecule has 0 aliphatic carbocycles. The molecule has 0 saturated carbocycles. The Hall–Kier alpha value is -1.58. The lowest BCUT2D eigenvalue weighted by Crippen LogP contribution is -2.23. The van der Waals surface area contributed by atoms with Crippen LogP contribution in [0.15, 0.2) is 42.6 Å². The monoisotopic (exact) mass is 317 g/mol. The Morgan fingerprint density at radius 3 is 2.77 bits per heavy atom. The minimum atomic E-state index is 0.261. The first-order valence-electron chi connectivity index (χ1n) is 7.83. The Labute approximate surface area is 138 Å². The fraction of sp³-hybridized carbons (Fsp3) is 0.389. The van der Waals surface area contributed by atoms with Gasteiger partial charge in [0.1, 0.15) is 0 Å². The van der Waals surface area contributed by atoms with Gasteiger partial charge in [-0.1, -0.05) is 37.6 Å². The highest BCUT2D eigenvalue weighted by molar-refractivity contribution is 6.31. The molecule has 1 aromatic carbocycles. The molecule has 0 aliphatic rings. The second kappa shape index (κ2) is 8.16. The predicted molar refractivity (Wildman–Crippen MR) is 96.8 cm³/mol. The average molecular weight is 318 g/mol. The van der Waals surface area contributed by atoms with Crippen LogP contribution in [-0.4, -0.2) is 35.6 Å². The SMILES string of the molecule is CCN(CC)CC=CC(C)Nc1ccnc2cc(Cl)ccc12. The third-order valence-corrected chi connectivity index (χ3v) is 4.01. The highest BCUT2D eigenvalue weighted by Crippen LogP contribution is 2.24. The summed E-state index contributed by atoms with van der Waals surface area (Å²) < 4.78 is 0. The Kier molecular flexibility index (Phi) is 6.22. The topological polar surface area (TPSA) is 28.2 Å². The molecule has 0 spiro atoms. The van der Waals surface area contributed by atoms with E-state index in [0.717, 1.165) is 36.2 Å². The molecule has 2 rings (SSSR count). The fourth-order valence-corrected chi connectivity index (χ4v) is 2.60. The first kappa shape index (κ1) is 16.8. The van der Waals surface area contributed by atoms with Crippen molar-refractivity contribution in [3.63, 3.8) is 0 Å². The molecule has 0 fully saturated rings. The van der Waals surface area contributed by atoms with Crippen LogP contribution < -0.4 is 5.32 Å². The zero-order valence-electron chi connectivity index (χ0n) is 13.5. The van der Waals surface area contributed by atoms with Gasteiger partial charge in [-0.3, -0.25) is 4.98 Å². The molecule has 1 aromatic heterocycles. The summed E-state index contributed by atoms with van der Waals surface area (Å²) >= 11 is 6.03. The highest BCUT2D eigenvalue weighted by atomic mass is 35.5. The van der Waals surface area contributed by atoms with Crippen molar-refractivity contribution >= 4 is 28.2 Å². The van der Waals surface area contributed by atoms with Crippen molar-refractivity contribution in [1.82, 2.24) is 9.88 Å². The summed E-state index contributed by atoms with van der Waals surface area (Å²) in [6.45, 7) is 9.68. The lowest BCUT2D eigenvalue weighted by atomic mass is 10.1. The summed E-state index contributed by atoms with van der Waals surface area (Å²) in [5.41, 5.74) is 2.00. The molecule has 2 aromatic rings. The number of fused-ring (bicyclic) bond motifs is 1. The van der Waals surface area contributed by atoms with Crippen LogP contribution in [0.25, 0.3) is 10.9 Å². The first-order valence-corrected chi connectivity index (χ1v) is 8.21. The largest absolute Gasteiger partial charge is 0.379 e. The molecule has 0 amide bonds. The summed E-state index contributed by atoms with van der Waals surface area (Å²) in [6, 6.07) is 8.07. The Morgan fingerprint density at radius 2 is 2.05 bits per heavy atom. The second-order valence-electron chi connectivity index (χ2n) is 5.37. The van der Waals surface area contributed by atoms with Gasteiger partial charge in [-0.25, -0.2) is 0 Å². The van der Waals surface area contributed by atoms with Crippen LogP contribution in [0.3, 0.4) is 0 Å². The van der Waals surface area contributed by atoms with Crippen molar-refractivity contribution in [3.05, 3.63) is 47.6 Å². The maximum Gasteiger partial charge on any atom is 0.0737 e. The minimum absolute atomic E-state index is 0.261. The van der Waals surface area contributed by atoms with Gasteiger partial charge in [0.15, 0.2) is 0 Å². The smallest absolute Gasteiger partial charge is 0.0737 e. The summed E-state index contributed by atoms with van der Waals surface area (Å²) in [5, 5.41) is 5.33. The maximum absolute atomic E-state index is 6.03. The fourth-order valence-electron chi connectivity index (χ4n) is 2.44. The van der Waals surface area contributed by atoms with E-state index >= 15 is 0 Å². The summed E-state index contributed by atoms with van der Waals surface area (Å²) in [4.78, 5) is 6.75. The number of anilines is 1. The van der Waals surface area contributed by atoms with E-state index in [2.05, 4.69) is 48.1 Å². The van der Waals surface area contributed by atoms with Crippen molar-refractivity contribution in [2.75, 3.05) is 25.0 Å². The number of hydrogen-bond acceptors (Lipinski definition) is 3. The molecule has 1 atom stereocenters. The number of aromatic nitrogens is 1. The van der Waals surface area contributed by atoms with Crippen LogP contribution in [0.5, 0.6) is 0 Å². The molecule has 1 heterocycles. The van der Waals surface area contributed by atoms with Gasteiger partial charge < -0.3 is 10.2 Å². The van der Waals surface area contributed by atoms with Gasteiger partial charge in [-0.2, -0.15) is 0 Å². The van der Waals surface area contributed by atoms with Gasteiger partial charge in [0.25, 0.3) is 0 Å². The molecular weight excluding hydrogens is 294 g/mol. The Balaban J connectivity index is 2.05. The molecule has 118 valence electrons. The molecule has 1 unspecified atom stereocenters. The van der Waals surface area contributed by atoms with E-state index in [0.29, 0.717) is 5.02 Å². The van der Waals surface area contributed by atoms with Crippen molar-refractivity contribution in [3.8, 4) is 0 Å². The Bertz CT molecular complexity index is 635. The minimum Gasteiger partial charge on any atom is -0.379 e. The van der Waals surface area contributed by atoms with Crippen LogP contribution in [0.4, 0.5) is 5.69 Å². The van der Waals surface area contributed by atoms with E-state index in [4.69, 9.17) is 11.6 Å². The number of rotatable bonds is 7. The Morgan fingerprint density at radius 1 is 1.27 bits per heavy atom. The summed E-state index contributed by atoms with van der Waals surface area (Å²) in [7, 11) is 0. The van der Waals surface area contributed by atoms with Crippen molar-refractivity contribution in [2.24, 2.45) is 0 Å². The second-order valence-corrected chi connectivity index (χ2v) is 5.80. The average Bonchev–Trinajstić information content (AvgIpc) is 2.51. The van der Waals surface area contributed by atoms with Crippen LogP contribution >= 0.6 is 11.6 Å². The standard InChI is InChI=1S/C18H24ClN3/c1-4-22(5-2)12-6-7-14(3)21-17-10-11-20-18-13-15(19)8-9-16(17)18/h6-11,13-14H,4-5,12H2,1-3H3,(H,20,21). The van der Waals surface area contributed by atoms with Crippen molar-refractivity contribution in [1.29, 1.82) is 0 Å². The van der Waals surface area contributed by atoms with E-state index in [1.165, 1.54) is 0 Å². The van der Waals surface area contributed by atoms with E-state index in [9.17, 15) is 0 Å². The van der Waals surface area contributed by atoms with Crippen LogP contribution in [0, 0.1) is 0 Å². The zero-order valence-corrected chi connectivity index (χ0v) is 14.3. The third-order valence-electron chi connectivity index (χ3n) is 3.77. The molecule has 4 heteroatoms. The third kappa shape index (κ3) is 4.46. The number of nitrogens with one attached hydrogen (secondary N) is 1. The number of hydrogen-bond donors (Lipinski definition) is 1. The number of nitrogens with zero attached hydrogens (tertiary/aromatic N) is 2. The van der Waals surface area contributed by atoms with Crippen molar-refractivity contribution in [2.45, 2.75) is 26.8 Å². The van der Waals surface area contributed by atoms with Gasteiger partial charge in [0.05, 0.1) is 5.52 Å². The van der Waals surface area contributed by atoms with E-state index in [1.54, 1.807) is 0 Å². The molecule has 3 nitrogen and oxygen atoms in total. The zero-order chi connectivity index (χ0) is 15.9. The highest BCUT2D eigenvalue weighted by Gasteiger charge is 2.04. The van der Waals surface area contributed by atoms with E-state index in [1.807, 2.05) is 30.5 Å². The number of likely N-dealkylation sites (N-methyl/N-ethyl adjacent to an activating group) is 1. The predicted octanol–water partition coefficient (Wildman–Crippen LogP) is 4.59. The molecular formula is C18H24ClN3. The number of benzene rings is 1. The molecule has 0 aliphatic heterocycles. The van der Waals surface area contributed by atoms with E-state index < -0.39 is 0 Å². The van der Waals surface area contributed by atoms with Gasteiger partial charge in [0, 0.05) is 34.9 Å². The molecule has 1 N–H and O–H groups in total. The van der Waals surface area contributed by atoms with Crippen LogP contribution in [0.1, 0.15) is 20.8 Å². The van der Waals surface area contributed by atoms with Gasteiger partial charge in [0.2, 0.25) is 0 Å². The quantitative estimate of drug-likeness (QED) is 0.757. The van der Waals surface area contributed by atoms with Crippen molar-refractivity contribution < 1.29 is 0 Å². The number of halogens is 1. The normalized spacial score (nSPS) is 13.1. The first-order chi connectivity index (χ1) is 10.6. The molecule has 22 heavy (non-hydrogen) atoms. The summed E-state index contributed by atoms with van der Waals surface area (Å²) in [5.74, 6) is 0. The lowest BCUT2D eigenvalue weighted by molar-refractivity contribution is 0.337. The van der Waals surface area contributed by atoms with Crippen LogP contribution in [-0.2, 0) is 0 Å².